The number of hydrogen-bond donors (Lipinski definition) is 1. The summed E-state index contributed by atoms with van der Waals surface area (Å²) in [6, 6.07) is 6.99. The van der Waals surface area contributed by atoms with Gasteiger partial charge in [0, 0.05) is 5.39 Å². The number of fused-ring (bicyclic) bond motifs is 1. The van der Waals surface area contributed by atoms with Crippen molar-refractivity contribution < 1.29 is 19.1 Å². The number of carboxylic acids is 1. The summed E-state index contributed by atoms with van der Waals surface area (Å²) in [6.45, 7) is 1.97. The van der Waals surface area contributed by atoms with Gasteiger partial charge in [0.2, 0.25) is 0 Å². The molecule has 0 saturated carbocycles. The maximum Gasteiger partial charge on any atom is 0.380 e. The van der Waals surface area contributed by atoms with Gasteiger partial charge in [-0.15, -0.1) is 0 Å². The van der Waals surface area contributed by atoms with E-state index in [4.69, 9.17) is 9.52 Å². The zero-order valence-electron chi connectivity index (χ0n) is 8.69. The Morgan fingerprint density at radius 2 is 2.12 bits per heavy atom. The third kappa shape index (κ3) is 1.58. The molecular weight excluding hydrogens is 208 g/mol. The van der Waals surface area contributed by atoms with Crippen LogP contribution in [0.15, 0.2) is 28.7 Å². The van der Waals surface area contributed by atoms with E-state index in [0.717, 1.165) is 17.4 Å². The Hall–Kier alpha value is -2.10. The fourth-order valence-electron chi connectivity index (χ4n) is 1.62. The van der Waals surface area contributed by atoms with E-state index in [1.54, 1.807) is 6.07 Å². The Labute approximate surface area is 91.5 Å². The molecule has 0 aliphatic heterocycles. The maximum atomic E-state index is 11.2. The van der Waals surface area contributed by atoms with Crippen molar-refractivity contribution >= 4 is 22.7 Å². The average Bonchev–Trinajstić information content (AvgIpc) is 2.70. The molecule has 1 aromatic heterocycles. The highest BCUT2D eigenvalue weighted by atomic mass is 16.4. The van der Waals surface area contributed by atoms with Crippen LogP contribution in [-0.2, 0) is 11.2 Å². The molecule has 0 bridgehead atoms. The molecule has 0 amide bonds. The number of carbonyl (C=O) groups excluding carboxylic acids is 1. The second-order valence-electron chi connectivity index (χ2n) is 3.43. The van der Waals surface area contributed by atoms with Crippen molar-refractivity contribution in [2.75, 3.05) is 0 Å². The summed E-state index contributed by atoms with van der Waals surface area (Å²) in [4.78, 5) is 21.7. The number of hydrogen-bond acceptors (Lipinski definition) is 3. The molecular formula is C12H10O4. The van der Waals surface area contributed by atoms with E-state index in [-0.39, 0.29) is 5.76 Å². The number of carbonyl (C=O) groups is 2. The molecule has 0 saturated heterocycles. The summed E-state index contributed by atoms with van der Waals surface area (Å²) < 4.78 is 5.28. The van der Waals surface area contributed by atoms with Crippen LogP contribution in [0.3, 0.4) is 0 Å². The molecule has 0 unspecified atom stereocenters. The standard InChI is InChI=1S/C12H10O4/c1-2-7-4-3-5-8-6-9(16-11(7)8)10(13)12(14)15/h3-6H,2H2,1H3,(H,14,15). The highest BCUT2D eigenvalue weighted by molar-refractivity contribution is 6.39. The highest BCUT2D eigenvalue weighted by Gasteiger charge is 2.19. The lowest BCUT2D eigenvalue weighted by Crippen LogP contribution is -2.11. The summed E-state index contributed by atoms with van der Waals surface area (Å²) in [5.74, 6) is -2.64. The van der Waals surface area contributed by atoms with Crippen LogP contribution in [0.4, 0.5) is 0 Å². The third-order valence-electron chi connectivity index (χ3n) is 2.42. The molecule has 2 aromatic rings. The van der Waals surface area contributed by atoms with Gasteiger partial charge in [0.1, 0.15) is 5.58 Å². The number of ketones is 1. The minimum Gasteiger partial charge on any atom is -0.475 e. The monoisotopic (exact) mass is 218 g/mol. The van der Waals surface area contributed by atoms with Gasteiger partial charge in [-0.25, -0.2) is 4.79 Å². The lowest BCUT2D eigenvalue weighted by molar-refractivity contribution is -0.131. The first-order valence-electron chi connectivity index (χ1n) is 4.92. The van der Waals surface area contributed by atoms with Crippen LogP contribution in [0.25, 0.3) is 11.0 Å². The van der Waals surface area contributed by atoms with E-state index in [9.17, 15) is 9.59 Å². The zero-order valence-corrected chi connectivity index (χ0v) is 8.69. The van der Waals surface area contributed by atoms with Crippen molar-refractivity contribution in [2.24, 2.45) is 0 Å². The first-order valence-corrected chi connectivity index (χ1v) is 4.92. The largest absolute Gasteiger partial charge is 0.475 e. The van der Waals surface area contributed by atoms with Gasteiger partial charge in [0.25, 0.3) is 0 Å². The fourth-order valence-corrected chi connectivity index (χ4v) is 1.62. The van der Waals surface area contributed by atoms with Crippen molar-refractivity contribution in [2.45, 2.75) is 13.3 Å². The number of aryl methyl sites for hydroxylation is 1. The predicted molar refractivity (Wildman–Crippen MR) is 57.6 cm³/mol. The number of Topliss-reactive ketones (excluding diaryl/α,β-unsaturated/α-hetero) is 1. The van der Waals surface area contributed by atoms with Gasteiger partial charge >= 0.3 is 11.8 Å². The molecule has 4 nitrogen and oxygen atoms in total. The fraction of sp³-hybridized carbons (Fsp3) is 0.167. The quantitative estimate of drug-likeness (QED) is 0.633. The van der Waals surface area contributed by atoms with Crippen molar-refractivity contribution in [3.8, 4) is 0 Å². The Bertz CT molecular complexity index is 565. The minimum absolute atomic E-state index is 0.122. The first-order chi connectivity index (χ1) is 7.63. The first kappa shape index (κ1) is 10.4. The number of benzene rings is 1. The average molecular weight is 218 g/mol. The second-order valence-corrected chi connectivity index (χ2v) is 3.43. The summed E-state index contributed by atoms with van der Waals surface area (Å²) in [5, 5.41) is 9.33. The Morgan fingerprint density at radius 3 is 2.75 bits per heavy atom. The number of carboxylic acid groups (broad SMARTS) is 1. The maximum absolute atomic E-state index is 11.2. The minimum atomic E-state index is -1.50. The van der Waals surface area contributed by atoms with E-state index in [1.165, 1.54) is 6.07 Å². The van der Waals surface area contributed by atoms with Crippen molar-refractivity contribution in [1.29, 1.82) is 0 Å². The van der Waals surface area contributed by atoms with Crippen LogP contribution in [0, 0.1) is 0 Å². The third-order valence-corrected chi connectivity index (χ3v) is 2.42. The lowest BCUT2D eigenvalue weighted by Gasteiger charge is -1.95. The summed E-state index contributed by atoms with van der Waals surface area (Å²) in [5.41, 5.74) is 1.55. The van der Waals surface area contributed by atoms with E-state index < -0.39 is 11.8 Å². The molecule has 0 atom stereocenters. The van der Waals surface area contributed by atoms with E-state index >= 15 is 0 Å². The molecule has 4 heteroatoms. The van der Waals surface area contributed by atoms with Crippen LogP contribution in [0.5, 0.6) is 0 Å². The van der Waals surface area contributed by atoms with Crippen molar-refractivity contribution in [3.63, 3.8) is 0 Å². The van der Waals surface area contributed by atoms with Crippen LogP contribution in [0.1, 0.15) is 23.0 Å². The molecule has 0 aliphatic carbocycles. The Morgan fingerprint density at radius 1 is 1.38 bits per heavy atom. The number of rotatable bonds is 3. The molecule has 1 aromatic carbocycles. The van der Waals surface area contributed by atoms with Gasteiger partial charge in [-0.1, -0.05) is 25.1 Å². The van der Waals surface area contributed by atoms with Crippen LogP contribution >= 0.6 is 0 Å². The summed E-state index contributed by atoms with van der Waals surface area (Å²) in [7, 11) is 0. The van der Waals surface area contributed by atoms with Crippen LogP contribution < -0.4 is 0 Å². The summed E-state index contributed by atoms with van der Waals surface area (Å²) in [6.07, 6.45) is 0.769. The molecule has 1 heterocycles. The molecule has 2 rings (SSSR count). The molecule has 82 valence electrons. The van der Waals surface area contributed by atoms with E-state index in [0.29, 0.717) is 5.58 Å². The van der Waals surface area contributed by atoms with Gasteiger partial charge in [0.15, 0.2) is 5.76 Å². The number of para-hydroxylation sites is 1. The van der Waals surface area contributed by atoms with Crippen molar-refractivity contribution in [1.82, 2.24) is 0 Å². The molecule has 0 aliphatic rings. The lowest BCUT2D eigenvalue weighted by atomic mass is 10.1. The smallest absolute Gasteiger partial charge is 0.380 e. The predicted octanol–water partition coefficient (Wildman–Crippen LogP) is 2.26. The normalized spacial score (nSPS) is 10.6. The zero-order chi connectivity index (χ0) is 11.7. The molecule has 16 heavy (non-hydrogen) atoms. The van der Waals surface area contributed by atoms with Gasteiger partial charge in [-0.3, -0.25) is 4.79 Å². The highest BCUT2D eigenvalue weighted by Crippen LogP contribution is 2.23. The van der Waals surface area contributed by atoms with Crippen LogP contribution in [0.2, 0.25) is 0 Å². The molecule has 0 radical (unpaired) electrons. The molecule has 1 N–H and O–H groups in total. The van der Waals surface area contributed by atoms with Gasteiger partial charge in [-0.2, -0.15) is 0 Å². The number of aliphatic carboxylic acids is 1. The summed E-state index contributed by atoms with van der Waals surface area (Å²) >= 11 is 0. The SMILES string of the molecule is CCc1cccc2cc(C(=O)C(=O)O)oc12. The Kier molecular flexibility index (Phi) is 2.48. The second kappa shape index (κ2) is 3.81. The van der Waals surface area contributed by atoms with Gasteiger partial charge in [-0.05, 0) is 18.1 Å². The Balaban J connectivity index is 2.60. The van der Waals surface area contributed by atoms with E-state index in [1.807, 2.05) is 19.1 Å². The molecule has 0 spiro atoms. The van der Waals surface area contributed by atoms with Gasteiger partial charge < -0.3 is 9.52 Å². The van der Waals surface area contributed by atoms with Crippen LogP contribution in [-0.4, -0.2) is 16.9 Å². The van der Waals surface area contributed by atoms with Crippen molar-refractivity contribution in [3.05, 3.63) is 35.6 Å². The topological polar surface area (TPSA) is 67.5 Å². The molecule has 0 fully saturated rings. The number of furan rings is 1. The van der Waals surface area contributed by atoms with Gasteiger partial charge in [0.05, 0.1) is 0 Å². The van der Waals surface area contributed by atoms with E-state index in [2.05, 4.69) is 0 Å².